The van der Waals surface area contributed by atoms with Gasteiger partial charge in [0.15, 0.2) is 5.82 Å². The largest absolute Gasteiger partial charge is 0.481 e. The van der Waals surface area contributed by atoms with Crippen molar-refractivity contribution in [2.45, 2.75) is 39.2 Å². The minimum Gasteiger partial charge on any atom is -0.481 e. The number of nitrogens with zero attached hydrogens (tertiary/aromatic N) is 4. The third-order valence-corrected chi connectivity index (χ3v) is 3.78. The number of hydrogen-bond donors (Lipinski definition) is 1. The van der Waals surface area contributed by atoms with E-state index in [0.717, 1.165) is 6.42 Å². The molecule has 0 unspecified atom stereocenters. The fourth-order valence-electron chi connectivity index (χ4n) is 2.42. The summed E-state index contributed by atoms with van der Waals surface area (Å²) in [5, 5.41) is 21.1. The summed E-state index contributed by atoms with van der Waals surface area (Å²) in [5.41, 5.74) is -0.841. The Balaban J connectivity index is 2.01. The zero-order chi connectivity index (χ0) is 15.1. The normalized spacial score (nSPS) is 17.8. The number of hydrogen-bond acceptors (Lipinski definition) is 6. The lowest BCUT2D eigenvalue weighted by Crippen LogP contribution is -2.41. The number of aliphatic carboxylic acids is 1. The van der Waals surface area contributed by atoms with Crippen molar-refractivity contribution in [3.8, 4) is 0 Å². The van der Waals surface area contributed by atoms with Crippen molar-refractivity contribution in [1.82, 2.24) is 20.2 Å². The molecule has 8 heteroatoms. The van der Waals surface area contributed by atoms with E-state index < -0.39 is 11.4 Å². The first-order valence-corrected chi connectivity index (χ1v) is 7.32. The number of carboxylic acids is 1. The van der Waals surface area contributed by atoms with Crippen LogP contribution >= 0.6 is 0 Å². The second-order valence-electron chi connectivity index (χ2n) is 5.31. The topological polar surface area (TPSA) is 99.4 Å². The van der Waals surface area contributed by atoms with Crippen LogP contribution in [0.1, 0.15) is 32.0 Å². The molecular weight excluding hydrogens is 276 g/mol. The first-order valence-electron chi connectivity index (χ1n) is 7.32. The number of ether oxygens (including phenoxy) is 2. The molecule has 0 spiro atoms. The molecule has 1 aromatic rings. The number of rotatable bonds is 8. The third-order valence-electron chi connectivity index (χ3n) is 3.78. The maximum absolute atomic E-state index is 11.7. The lowest BCUT2D eigenvalue weighted by atomic mass is 9.80. The average molecular weight is 298 g/mol. The Bertz CT molecular complexity index is 457. The molecule has 0 aromatic carbocycles. The molecule has 2 heterocycles. The molecule has 1 saturated heterocycles. The fraction of sp³-hybridized carbons (Fsp3) is 0.846. The second-order valence-corrected chi connectivity index (χ2v) is 5.31. The number of tetrazole rings is 1. The standard InChI is InChI=1S/C13H22N4O4/c1-2-6-20-7-3-11-14-15-16-17(11)10-13(12(18)19)4-8-21-9-5-13/h2-10H2,1H3,(H,18,19). The van der Waals surface area contributed by atoms with Crippen LogP contribution < -0.4 is 0 Å². The van der Waals surface area contributed by atoms with Crippen LogP contribution in [0.15, 0.2) is 0 Å². The molecular formula is C13H22N4O4. The van der Waals surface area contributed by atoms with E-state index in [9.17, 15) is 9.90 Å². The molecule has 1 fully saturated rings. The van der Waals surface area contributed by atoms with Crippen molar-refractivity contribution in [3.63, 3.8) is 0 Å². The highest BCUT2D eigenvalue weighted by Gasteiger charge is 2.41. The summed E-state index contributed by atoms with van der Waals surface area (Å²) in [4.78, 5) is 11.7. The van der Waals surface area contributed by atoms with Crippen molar-refractivity contribution in [3.05, 3.63) is 5.82 Å². The molecule has 1 aromatic heterocycles. The molecule has 0 radical (unpaired) electrons. The van der Waals surface area contributed by atoms with Gasteiger partial charge < -0.3 is 14.6 Å². The molecule has 21 heavy (non-hydrogen) atoms. The SMILES string of the molecule is CCCOCCc1nnnn1CC1(C(=O)O)CCOCC1. The lowest BCUT2D eigenvalue weighted by molar-refractivity contribution is -0.156. The van der Waals surface area contributed by atoms with Crippen molar-refractivity contribution < 1.29 is 19.4 Å². The first kappa shape index (κ1) is 15.8. The highest BCUT2D eigenvalue weighted by molar-refractivity contribution is 5.74. The van der Waals surface area contributed by atoms with Crippen molar-refractivity contribution >= 4 is 5.97 Å². The van der Waals surface area contributed by atoms with E-state index in [0.29, 0.717) is 51.5 Å². The molecule has 0 atom stereocenters. The van der Waals surface area contributed by atoms with Crippen LogP contribution in [-0.4, -0.2) is 57.7 Å². The van der Waals surface area contributed by atoms with Gasteiger partial charge in [0.05, 0.1) is 18.6 Å². The zero-order valence-corrected chi connectivity index (χ0v) is 12.3. The summed E-state index contributed by atoms with van der Waals surface area (Å²) >= 11 is 0. The minimum absolute atomic E-state index is 0.280. The lowest BCUT2D eigenvalue weighted by Gasteiger charge is -2.32. The molecule has 0 amide bonds. The Morgan fingerprint density at radius 3 is 2.86 bits per heavy atom. The molecule has 1 aliphatic rings. The molecule has 2 rings (SSSR count). The first-order chi connectivity index (χ1) is 10.2. The van der Waals surface area contributed by atoms with Gasteiger partial charge in [-0.1, -0.05) is 6.92 Å². The highest BCUT2D eigenvalue weighted by atomic mass is 16.5. The van der Waals surface area contributed by atoms with Gasteiger partial charge in [0.2, 0.25) is 0 Å². The highest BCUT2D eigenvalue weighted by Crippen LogP contribution is 2.32. The van der Waals surface area contributed by atoms with Gasteiger partial charge in [-0.3, -0.25) is 4.79 Å². The van der Waals surface area contributed by atoms with Crippen LogP contribution in [0.2, 0.25) is 0 Å². The van der Waals surface area contributed by atoms with Gasteiger partial charge >= 0.3 is 5.97 Å². The van der Waals surface area contributed by atoms with Crippen LogP contribution in [-0.2, 0) is 27.2 Å². The van der Waals surface area contributed by atoms with Crippen molar-refractivity contribution in [2.24, 2.45) is 5.41 Å². The van der Waals surface area contributed by atoms with Crippen molar-refractivity contribution in [2.75, 3.05) is 26.4 Å². The smallest absolute Gasteiger partial charge is 0.311 e. The Labute approximate surface area is 123 Å². The van der Waals surface area contributed by atoms with Crippen LogP contribution in [0, 0.1) is 5.41 Å². The van der Waals surface area contributed by atoms with Crippen LogP contribution in [0.25, 0.3) is 0 Å². The summed E-state index contributed by atoms with van der Waals surface area (Å²) in [6, 6.07) is 0. The predicted octanol–water partition coefficient (Wildman–Crippen LogP) is 0.524. The Morgan fingerprint density at radius 2 is 2.19 bits per heavy atom. The summed E-state index contributed by atoms with van der Waals surface area (Å²) in [6.07, 6.45) is 2.51. The van der Waals surface area contributed by atoms with E-state index in [1.807, 2.05) is 6.92 Å². The number of carbonyl (C=O) groups is 1. The van der Waals surface area contributed by atoms with Crippen molar-refractivity contribution in [1.29, 1.82) is 0 Å². The van der Waals surface area contributed by atoms with E-state index in [4.69, 9.17) is 9.47 Å². The van der Waals surface area contributed by atoms with Gasteiger partial charge in [0.25, 0.3) is 0 Å². The van der Waals surface area contributed by atoms with Crippen LogP contribution in [0.3, 0.4) is 0 Å². The van der Waals surface area contributed by atoms with Gasteiger partial charge in [-0.25, -0.2) is 4.68 Å². The van der Waals surface area contributed by atoms with Gasteiger partial charge in [-0.2, -0.15) is 0 Å². The summed E-state index contributed by atoms with van der Waals surface area (Å²) in [6.45, 7) is 4.50. The van der Waals surface area contributed by atoms with Gasteiger partial charge in [-0.15, -0.1) is 5.10 Å². The Morgan fingerprint density at radius 1 is 1.43 bits per heavy atom. The monoisotopic (exact) mass is 298 g/mol. The molecule has 8 nitrogen and oxygen atoms in total. The Hall–Kier alpha value is -1.54. The molecule has 1 aliphatic heterocycles. The van der Waals surface area contributed by atoms with E-state index in [1.165, 1.54) is 0 Å². The predicted molar refractivity (Wildman–Crippen MR) is 72.8 cm³/mol. The second kappa shape index (κ2) is 7.46. The summed E-state index contributed by atoms with van der Waals surface area (Å²) in [7, 11) is 0. The average Bonchev–Trinajstić information content (AvgIpc) is 2.91. The van der Waals surface area contributed by atoms with E-state index in [1.54, 1.807) is 4.68 Å². The third kappa shape index (κ3) is 3.98. The van der Waals surface area contributed by atoms with Gasteiger partial charge in [0.1, 0.15) is 0 Å². The molecule has 118 valence electrons. The van der Waals surface area contributed by atoms with E-state index in [-0.39, 0.29) is 6.54 Å². The number of aromatic nitrogens is 4. The molecule has 0 bridgehead atoms. The molecule has 0 saturated carbocycles. The summed E-state index contributed by atoms with van der Waals surface area (Å²) in [5.74, 6) is -0.146. The number of carboxylic acid groups (broad SMARTS) is 1. The van der Waals surface area contributed by atoms with Crippen LogP contribution in [0.5, 0.6) is 0 Å². The van der Waals surface area contributed by atoms with Gasteiger partial charge in [-0.05, 0) is 29.7 Å². The van der Waals surface area contributed by atoms with Gasteiger partial charge in [0, 0.05) is 26.2 Å². The maximum atomic E-state index is 11.7. The zero-order valence-electron chi connectivity index (χ0n) is 12.3. The van der Waals surface area contributed by atoms with E-state index in [2.05, 4.69) is 15.5 Å². The van der Waals surface area contributed by atoms with Crippen LogP contribution in [0.4, 0.5) is 0 Å². The minimum atomic E-state index is -0.841. The van der Waals surface area contributed by atoms with E-state index >= 15 is 0 Å². The quantitative estimate of drug-likeness (QED) is 0.698. The Kier molecular flexibility index (Phi) is 5.63. The molecule has 1 N–H and O–H groups in total. The molecule has 0 aliphatic carbocycles. The maximum Gasteiger partial charge on any atom is 0.311 e. The fourth-order valence-corrected chi connectivity index (χ4v) is 2.42. The summed E-state index contributed by atoms with van der Waals surface area (Å²) < 4.78 is 12.3.